The monoisotopic (exact) mass is 264 g/mol. The number of nitrogens with one attached hydrogen (secondary N) is 1. The highest BCUT2D eigenvalue weighted by Gasteiger charge is 2.25. The van der Waals surface area contributed by atoms with Gasteiger partial charge in [-0.2, -0.15) is 0 Å². The molecule has 1 N–H and O–H groups in total. The van der Waals surface area contributed by atoms with Crippen LogP contribution in [0.25, 0.3) is 0 Å². The first kappa shape index (κ1) is 14.4. The molecule has 106 valence electrons. The zero-order chi connectivity index (χ0) is 13.7. The molecule has 0 spiro atoms. The topological polar surface area (TPSA) is 50.3 Å². The molecule has 1 saturated heterocycles. The molecule has 1 fully saturated rings. The fourth-order valence-corrected chi connectivity index (χ4v) is 2.21. The lowest BCUT2D eigenvalue weighted by molar-refractivity contribution is -0.0443. The fourth-order valence-electron chi connectivity index (χ4n) is 2.21. The van der Waals surface area contributed by atoms with Crippen molar-refractivity contribution in [1.82, 2.24) is 20.2 Å². The molecule has 1 aliphatic rings. The van der Waals surface area contributed by atoms with Crippen molar-refractivity contribution in [3.8, 4) is 0 Å². The van der Waals surface area contributed by atoms with Gasteiger partial charge in [0.25, 0.3) is 0 Å². The zero-order valence-corrected chi connectivity index (χ0v) is 12.1. The second-order valence-electron chi connectivity index (χ2n) is 5.13. The maximum Gasteiger partial charge on any atom is 0.158 e. The first-order valence-corrected chi connectivity index (χ1v) is 7.09. The third-order valence-corrected chi connectivity index (χ3v) is 3.40. The second-order valence-corrected chi connectivity index (χ2v) is 5.13. The number of morpholine rings is 1. The smallest absolute Gasteiger partial charge is 0.158 e. The van der Waals surface area contributed by atoms with Crippen molar-refractivity contribution in [2.75, 3.05) is 26.2 Å². The third kappa shape index (κ3) is 3.96. The maximum absolute atomic E-state index is 5.82. The van der Waals surface area contributed by atoms with Gasteiger partial charge in [-0.1, -0.05) is 6.92 Å². The van der Waals surface area contributed by atoms with Gasteiger partial charge in [-0.05, 0) is 26.5 Å². The first-order valence-electron chi connectivity index (χ1n) is 7.09. The second kappa shape index (κ2) is 6.93. The van der Waals surface area contributed by atoms with E-state index in [4.69, 9.17) is 4.74 Å². The normalized spacial score (nSPS) is 20.9. The highest BCUT2D eigenvalue weighted by atomic mass is 16.5. The summed E-state index contributed by atoms with van der Waals surface area (Å²) in [6, 6.07) is 2.49. The molecule has 0 radical (unpaired) electrons. The van der Waals surface area contributed by atoms with E-state index < -0.39 is 0 Å². The molecule has 2 rings (SSSR count). The Bertz CT molecular complexity index is 397. The SMILES string of the molecule is CCNCc1ccnc(C2CN(C(C)C)CCO2)n1. The van der Waals surface area contributed by atoms with Crippen LogP contribution in [0.5, 0.6) is 0 Å². The molecular formula is C14H24N4O. The molecule has 1 atom stereocenters. The van der Waals surface area contributed by atoms with E-state index in [0.717, 1.165) is 44.3 Å². The molecule has 5 heteroatoms. The lowest BCUT2D eigenvalue weighted by atomic mass is 10.2. The molecule has 2 heterocycles. The van der Waals surface area contributed by atoms with Crippen LogP contribution in [-0.2, 0) is 11.3 Å². The van der Waals surface area contributed by atoms with Crippen molar-refractivity contribution in [3.63, 3.8) is 0 Å². The number of rotatable bonds is 5. The van der Waals surface area contributed by atoms with Crippen LogP contribution in [0, 0.1) is 0 Å². The van der Waals surface area contributed by atoms with Crippen molar-refractivity contribution < 1.29 is 4.74 Å². The van der Waals surface area contributed by atoms with Gasteiger partial charge in [0.1, 0.15) is 6.10 Å². The molecule has 19 heavy (non-hydrogen) atoms. The van der Waals surface area contributed by atoms with Crippen LogP contribution in [-0.4, -0.2) is 47.2 Å². The van der Waals surface area contributed by atoms with Crippen LogP contribution in [0.15, 0.2) is 12.3 Å². The molecule has 0 bridgehead atoms. The van der Waals surface area contributed by atoms with E-state index in [1.165, 1.54) is 0 Å². The molecule has 1 aromatic rings. The van der Waals surface area contributed by atoms with E-state index in [1.54, 1.807) is 0 Å². The highest BCUT2D eigenvalue weighted by Crippen LogP contribution is 2.20. The van der Waals surface area contributed by atoms with E-state index in [1.807, 2.05) is 12.3 Å². The molecule has 1 unspecified atom stereocenters. The van der Waals surface area contributed by atoms with Gasteiger partial charge in [0.05, 0.1) is 12.3 Å². The van der Waals surface area contributed by atoms with Crippen LogP contribution < -0.4 is 5.32 Å². The van der Waals surface area contributed by atoms with Gasteiger partial charge in [0.2, 0.25) is 0 Å². The minimum atomic E-state index is -0.00211. The summed E-state index contributed by atoms with van der Waals surface area (Å²) in [4.78, 5) is 11.4. The van der Waals surface area contributed by atoms with Gasteiger partial charge in [-0.15, -0.1) is 0 Å². The summed E-state index contributed by atoms with van der Waals surface area (Å²) in [5.41, 5.74) is 1.03. The molecule has 1 aliphatic heterocycles. The van der Waals surface area contributed by atoms with Gasteiger partial charge < -0.3 is 10.1 Å². The molecule has 0 amide bonds. The van der Waals surface area contributed by atoms with Crippen molar-refractivity contribution >= 4 is 0 Å². The first-order chi connectivity index (χ1) is 9.20. The molecule has 0 aliphatic carbocycles. The van der Waals surface area contributed by atoms with Crippen molar-refractivity contribution in [2.45, 2.75) is 39.5 Å². The van der Waals surface area contributed by atoms with Crippen LogP contribution in [0.4, 0.5) is 0 Å². The minimum absolute atomic E-state index is 0.00211. The lowest BCUT2D eigenvalue weighted by Crippen LogP contribution is -2.42. The van der Waals surface area contributed by atoms with E-state index in [2.05, 4.69) is 41.0 Å². The largest absolute Gasteiger partial charge is 0.368 e. The minimum Gasteiger partial charge on any atom is -0.368 e. The number of ether oxygens (including phenoxy) is 1. The predicted octanol–water partition coefficient (Wildman–Crippen LogP) is 1.37. The molecule has 0 saturated carbocycles. The van der Waals surface area contributed by atoms with Gasteiger partial charge in [-0.25, -0.2) is 9.97 Å². The Balaban J connectivity index is 2.04. The standard InChI is InChI=1S/C14H24N4O/c1-4-15-9-12-5-6-16-14(17-12)13-10-18(11(2)3)7-8-19-13/h5-6,11,13,15H,4,7-10H2,1-3H3. The van der Waals surface area contributed by atoms with Gasteiger partial charge in [0.15, 0.2) is 5.82 Å². The number of nitrogens with zero attached hydrogens (tertiary/aromatic N) is 3. The third-order valence-electron chi connectivity index (χ3n) is 3.40. The maximum atomic E-state index is 5.82. The van der Waals surface area contributed by atoms with Gasteiger partial charge in [0, 0.05) is 31.9 Å². The highest BCUT2D eigenvalue weighted by molar-refractivity contribution is 5.05. The van der Waals surface area contributed by atoms with Gasteiger partial charge in [-0.3, -0.25) is 4.90 Å². The van der Waals surface area contributed by atoms with E-state index in [-0.39, 0.29) is 6.10 Å². The molecule has 0 aromatic carbocycles. The Morgan fingerprint density at radius 1 is 1.53 bits per heavy atom. The Labute approximate surface area is 115 Å². The Morgan fingerprint density at radius 3 is 3.11 bits per heavy atom. The number of aromatic nitrogens is 2. The summed E-state index contributed by atoms with van der Waals surface area (Å²) in [6.07, 6.45) is 1.82. The van der Waals surface area contributed by atoms with E-state index in [0.29, 0.717) is 6.04 Å². The summed E-state index contributed by atoms with van der Waals surface area (Å²) in [6.45, 7) is 10.9. The lowest BCUT2D eigenvalue weighted by Gasteiger charge is -2.34. The van der Waals surface area contributed by atoms with Crippen LogP contribution >= 0.6 is 0 Å². The van der Waals surface area contributed by atoms with Gasteiger partial charge >= 0.3 is 0 Å². The van der Waals surface area contributed by atoms with Crippen molar-refractivity contribution in [2.24, 2.45) is 0 Å². The van der Waals surface area contributed by atoms with Crippen molar-refractivity contribution in [3.05, 3.63) is 23.8 Å². The summed E-state index contributed by atoms with van der Waals surface area (Å²) in [5, 5.41) is 3.28. The predicted molar refractivity (Wildman–Crippen MR) is 74.8 cm³/mol. The fraction of sp³-hybridized carbons (Fsp3) is 0.714. The van der Waals surface area contributed by atoms with Crippen LogP contribution in [0.3, 0.4) is 0 Å². The average molecular weight is 264 g/mol. The molecule has 5 nitrogen and oxygen atoms in total. The molecular weight excluding hydrogens is 240 g/mol. The van der Waals surface area contributed by atoms with E-state index in [9.17, 15) is 0 Å². The Kier molecular flexibility index (Phi) is 5.24. The summed E-state index contributed by atoms with van der Waals surface area (Å²) < 4.78 is 5.82. The van der Waals surface area contributed by atoms with Crippen molar-refractivity contribution in [1.29, 1.82) is 0 Å². The summed E-state index contributed by atoms with van der Waals surface area (Å²) in [5.74, 6) is 0.806. The number of hydrogen-bond donors (Lipinski definition) is 1. The average Bonchev–Trinajstić information content (AvgIpc) is 2.45. The summed E-state index contributed by atoms with van der Waals surface area (Å²) >= 11 is 0. The molecule has 1 aromatic heterocycles. The Morgan fingerprint density at radius 2 is 2.37 bits per heavy atom. The number of hydrogen-bond acceptors (Lipinski definition) is 5. The van der Waals surface area contributed by atoms with Crippen LogP contribution in [0.2, 0.25) is 0 Å². The van der Waals surface area contributed by atoms with E-state index >= 15 is 0 Å². The summed E-state index contributed by atoms with van der Waals surface area (Å²) in [7, 11) is 0. The van der Waals surface area contributed by atoms with Crippen LogP contribution in [0.1, 0.15) is 38.4 Å². The quantitative estimate of drug-likeness (QED) is 0.870. The zero-order valence-electron chi connectivity index (χ0n) is 12.1. The Hall–Kier alpha value is -1.04.